The second-order valence-corrected chi connectivity index (χ2v) is 4.64. The van der Waals surface area contributed by atoms with Crippen LogP contribution in [0.2, 0.25) is 0 Å². The van der Waals surface area contributed by atoms with Gasteiger partial charge < -0.3 is 15.9 Å². The highest BCUT2D eigenvalue weighted by atomic mass is 16.3. The van der Waals surface area contributed by atoms with Gasteiger partial charge >= 0.3 is 0 Å². The van der Waals surface area contributed by atoms with Crippen LogP contribution in [-0.4, -0.2) is 47.5 Å². The summed E-state index contributed by atoms with van der Waals surface area (Å²) in [5, 5.41) is 18.3. The van der Waals surface area contributed by atoms with E-state index < -0.39 is 0 Å². The van der Waals surface area contributed by atoms with E-state index in [2.05, 4.69) is 19.1 Å². The highest BCUT2D eigenvalue weighted by Crippen LogP contribution is 2.25. The normalized spacial score (nSPS) is 14.8. The van der Waals surface area contributed by atoms with Crippen LogP contribution in [0.15, 0.2) is 24.3 Å². The van der Waals surface area contributed by atoms with Gasteiger partial charge in [0.05, 0.1) is 19.3 Å². The number of rotatable bonds is 7. The Morgan fingerprint density at radius 1 is 1.17 bits per heavy atom. The third-order valence-electron chi connectivity index (χ3n) is 3.17. The fraction of sp³-hybridized carbons (Fsp3) is 0.571. The predicted molar refractivity (Wildman–Crippen MR) is 73.3 cm³/mol. The summed E-state index contributed by atoms with van der Waals surface area (Å²) in [5.74, 6) is 0. The minimum atomic E-state index is -0.0656. The second-order valence-electron chi connectivity index (χ2n) is 4.64. The monoisotopic (exact) mass is 252 g/mol. The lowest BCUT2D eigenvalue weighted by Crippen LogP contribution is -2.42. The van der Waals surface area contributed by atoms with Gasteiger partial charge in [-0.15, -0.1) is 0 Å². The van der Waals surface area contributed by atoms with Crippen molar-refractivity contribution in [1.82, 2.24) is 4.90 Å². The maximum atomic E-state index is 9.15. The fourth-order valence-corrected chi connectivity index (χ4v) is 2.38. The summed E-state index contributed by atoms with van der Waals surface area (Å²) in [4.78, 5) is 2.03. The van der Waals surface area contributed by atoms with E-state index in [4.69, 9.17) is 15.9 Å². The van der Waals surface area contributed by atoms with Crippen LogP contribution in [0.5, 0.6) is 0 Å². The van der Waals surface area contributed by atoms with E-state index in [0.717, 1.165) is 5.56 Å². The minimum Gasteiger partial charge on any atom is -0.395 e. The van der Waals surface area contributed by atoms with Crippen molar-refractivity contribution in [1.29, 1.82) is 0 Å². The van der Waals surface area contributed by atoms with Crippen molar-refractivity contribution in [2.24, 2.45) is 5.73 Å². The van der Waals surface area contributed by atoms with Crippen LogP contribution in [0.1, 0.15) is 24.1 Å². The molecule has 0 aliphatic carbocycles. The third kappa shape index (κ3) is 3.78. The molecule has 0 aliphatic heterocycles. The van der Waals surface area contributed by atoms with E-state index in [1.165, 1.54) is 5.56 Å². The van der Waals surface area contributed by atoms with Gasteiger partial charge in [-0.2, -0.15) is 0 Å². The molecule has 0 saturated carbocycles. The highest BCUT2D eigenvalue weighted by molar-refractivity contribution is 5.29. The molecule has 0 fully saturated rings. The first-order valence-electron chi connectivity index (χ1n) is 6.38. The van der Waals surface area contributed by atoms with E-state index in [-0.39, 0.29) is 25.3 Å². The lowest BCUT2D eigenvalue weighted by atomic mass is 9.95. The first-order valence-corrected chi connectivity index (χ1v) is 6.38. The molecular formula is C14H24N2O2. The Balaban J connectivity index is 3.03. The summed E-state index contributed by atoms with van der Waals surface area (Å²) in [6.45, 7) is 5.17. The van der Waals surface area contributed by atoms with Crippen molar-refractivity contribution < 1.29 is 10.2 Å². The molecule has 102 valence electrons. The van der Waals surface area contributed by atoms with Crippen molar-refractivity contribution >= 4 is 0 Å². The molecule has 0 saturated heterocycles. The molecule has 1 aromatic carbocycles. The van der Waals surface area contributed by atoms with Crippen molar-refractivity contribution in [3.63, 3.8) is 0 Å². The molecule has 4 heteroatoms. The van der Waals surface area contributed by atoms with Gasteiger partial charge in [0, 0.05) is 19.1 Å². The van der Waals surface area contributed by atoms with E-state index in [1.54, 1.807) is 0 Å². The lowest BCUT2D eigenvalue weighted by Gasteiger charge is -2.34. The number of hydrogen-bond donors (Lipinski definition) is 3. The SMILES string of the molecule is Cc1ccccc1C(C(C)N)N(CCO)CCO. The first kappa shape index (κ1) is 15.1. The lowest BCUT2D eigenvalue weighted by molar-refractivity contribution is 0.111. The van der Waals surface area contributed by atoms with E-state index in [0.29, 0.717) is 13.1 Å². The van der Waals surface area contributed by atoms with Crippen LogP contribution in [0, 0.1) is 6.92 Å². The molecule has 0 bridgehead atoms. The molecule has 0 aliphatic rings. The van der Waals surface area contributed by atoms with E-state index in [9.17, 15) is 0 Å². The zero-order chi connectivity index (χ0) is 13.5. The number of aliphatic hydroxyl groups is 2. The maximum Gasteiger partial charge on any atom is 0.0558 e. The number of aryl methyl sites for hydroxylation is 1. The maximum absolute atomic E-state index is 9.15. The van der Waals surface area contributed by atoms with Crippen LogP contribution < -0.4 is 5.73 Å². The summed E-state index contributed by atoms with van der Waals surface area (Å²) >= 11 is 0. The smallest absolute Gasteiger partial charge is 0.0558 e. The average Bonchev–Trinajstić information content (AvgIpc) is 2.32. The van der Waals surface area contributed by atoms with Crippen molar-refractivity contribution in [2.75, 3.05) is 26.3 Å². The third-order valence-corrected chi connectivity index (χ3v) is 3.17. The Hall–Kier alpha value is -0.940. The van der Waals surface area contributed by atoms with Gasteiger partial charge in [-0.25, -0.2) is 0 Å². The zero-order valence-electron chi connectivity index (χ0n) is 11.2. The fourth-order valence-electron chi connectivity index (χ4n) is 2.38. The number of nitrogens with zero attached hydrogens (tertiary/aromatic N) is 1. The molecule has 2 atom stereocenters. The quantitative estimate of drug-likeness (QED) is 0.667. The highest BCUT2D eigenvalue weighted by Gasteiger charge is 2.24. The van der Waals surface area contributed by atoms with Crippen LogP contribution in [0.4, 0.5) is 0 Å². The molecular weight excluding hydrogens is 228 g/mol. The Morgan fingerprint density at radius 3 is 2.17 bits per heavy atom. The number of aliphatic hydroxyl groups excluding tert-OH is 2. The number of nitrogens with two attached hydrogens (primary N) is 1. The average molecular weight is 252 g/mol. The Bertz CT molecular complexity index is 349. The summed E-state index contributed by atoms with van der Waals surface area (Å²) in [6.07, 6.45) is 0. The molecule has 0 aromatic heterocycles. The van der Waals surface area contributed by atoms with E-state index >= 15 is 0 Å². The van der Waals surface area contributed by atoms with Gasteiger partial charge in [-0.1, -0.05) is 24.3 Å². The van der Waals surface area contributed by atoms with Crippen LogP contribution in [0.25, 0.3) is 0 Å². The van der Waals surface area contributed by atoms with Crippen LogP contribution in [-0.2, 0) is 0 Å². The molecule has 1 rings (SSSR count). The zero-order valence-corrected chi connectivity index (χ0v) is 11.2. The molecule has 1 aromatic rings. The Morgan fingerprint density at radius 2 is 1.72 bits per heavy atom. The van der Waals surface area contributed by atoms with Gasteiger partial charge in [0.1, 0.15) is 0 Å². The van der Waals surface area contributed by atoms with Crippen molar-refractivity contribution in [2.45, 2.75) is 25.9 Å². The van der Waals surface area contributed by atoms with Gasteiger partial charge in [0.15, 0.2) is 0 Å². The molecule has 4 nitrogen and oxygen atoms in total. The summed E-state index contributed by atoms with van der Waals surface area (Å²) < 4.78 is 0. The van der Waals surface area contributed by atoms with Gasteiger partial charge in [0.25, 0.3) is 0 Å². The molecule has 0 radical (unpaired) electrons. The van der Waals surface area contributed by atoms with E-state index in [1.807, 2.05) is 24.0 Å². The predicted octanol–water partition coefficient (Wildman–Crippen LogP) is 0.670. The second kappa shape index (κ2) is 7.48. The minimum absolute atomic E-state index is 0.0190. The largest absolute Gasteiger partial charge is 0.395 e. The van der Waals surface area contributed by atoms with Crippen molar-refractivity contribution in [3.05, 3.63) is 35.4 Å². The standard InChI is InChI=1S/C14H24N2O2/c1-11-5-3-4-6-13(11)14(12(2)15)16(7-9-17)8-10-18/h3-6,12,14,17-18H,7-10,15H2,1-2H3. The number of benzene rings is 1. The summed E-state index contributed by atoms with van der Waals surface area (Å²) in [5.41, 5.74) is 8.44. The molecule has 0 amide bonds. The molecule has 4 N–H and O–H groups in total. The molecule has 18 heavy (non-hydrogen) atoms. The summed E-state index contributed by atoms with van der Waals surface area (Å²) in [6, 6.07) is 8.06. The van der Waals surface area contributed by atoms with Gasteiger partial charge in [-0.05, 0) is 25.0 Å². The Kier molecular flexibility index (Phi) is 6.29. The van der Waals surface area contributed by atoms with Crippen LogP contribution in [0.3, 0.4) is 0 Å². The number of hydrogen-bond acceptors (Lipinski definition) is 4. The van der Waals surface area contributed by atoms with Crippen LogP contribution >= 0.6 is 0 Å². The molecule has 2 unspecified atom stereocenters. The van der Waals surface area contributed by atoms with Crippen molar-refractivity contribution in [3.8, 4) is 0 Å². The topological polar surface area (TPSA) is 69.7 Å². The summed E-state index contributed by atoms with van der Waals surface area (Å²) in [7, 11) is 0. The molecule has 0 spiro atoms. The molecule has 0 heterocycles. The Labute approximate surface area is 109 Å². The van der Waals surface area contributed by atoms with Gasteiger partial charge in [-0.3, -0.25) is 4.90 Å². The first-order chi connectivity index (χ1) is 8.61. The van der Waals surface area contributed by atoms with Gasteiger partial charge in [0.2, 0.25) is 0 Å².